The van der Waals surface area contributed by atoms with E-state index in [0.29, 0.717) is 32.5 Å². The second-order valence-corrected chi connectivity index (χ2v) is 10.0. The fourth-order valence-electron chi connectivity index (χ4n) is 3.26. The quantitative estimate of drug-likeness (QED) is 0.659. The number of carbonyl (C=O) groups is 1. The molecule has 0 spiro atoms. The number of amides is 1. The Bertz CT molecular complexity index is 876. The second kappa shape index (κ2) is 9.58. The van der Waals surface area contributed by atoms with E-state index in [2.05, 4.69) is 15.3 Å². The maximum Gasteiger partial charge on any atom is 0.223 e. The summed E-state index contributed by atoms with van der Waals surface area (Å²) in [6, 6.07) is 3.88. The molecule has 3 heterocycles. The molecule has 1 fully saturated rings. The third-order valence-corrected chi connectivity index (χ3v) is 7.77. The SMILES string of the molecule is CCS(=O)(=O)N1CCC(C(=O)NCCCc2nc(-c3ccncc3)cs2)CC1. The van der Waals surface area contributed by atoms with Crippen molar-refractivity contribution in [2.75, 3.05) is 25.4 Å². The van der Waals surface area contributed by atoms with Gasteiger partial charge in [-0.3, -0.25) is 9.78 Å². The van der Waals surface area contributed by atoms with E-state index in [-0.39, 0.29) is 17.6 Å². The summed E-state index contributed by atoms with van der Waals surface area (Å²) in [5.41, 5.74) is 2.02. The lowest BCUT2D eigenvalue weighted by Gasteiger charge is -2.30. The predicted octanol–water partition coefficient (Wildman–Crippen LogP) is 2.32. The molecule has 3 rings (SSSR count). The van der Waals surface area contributed by atoms with E-state index < -0.39 is 10.0 Å². The first-order valence-electron chi connectivity index (χ1n) is 9.60. The Morgan fingerprint density at radius 3 is 2.68 bits per heavy atom. The Morgan fingerprint density at radius 2 is 2.00 bits per heavy atom. The minimum atomic E-state index is -3.15. The van der Waals surface area contributed by atoms with E-state index in [0.717, 1.165) is 29.1 Å². The van der Waals surface area contributed by atoms with Gasteiger partial charge in [0, 0.05) is 55.3 Å². The predicted molar refractivity (Wildman–Crippen MR) is 110 cm³/mol. The lowest BCUT2D eigenvalue weighted by Crippen LogP contribution is -2.43. The molecular weight excluding hydrogens is 396 g/mol. The zero-order valence-corrected chi connectivity index (χ0v) is 17.6. The fraction of sp³-hybridized carbons (Fsp3) is 0.526. The number of hydrogen-bond acceptors (Lipinski definition) is 6. The highest BCUT2D eigenvalue weighted by Crippen LogP contribution is 2.22. The van der Waals surface area contributed by atoms with Crippen molar-refractivity contribution in [3.8, 4) is 11.3 Å². The molecule has 0 aliphatic carbocycles. The number of pyridine rings is 1. The van der Waals surface area contributed by atoms with Crippen molar-refractivity contribution < 1.29 is 13.2 Å². The Morgan fingerprint density at radius 1 is 1.29 bits per heavy atom. The summed E-state index contributed by atoms with van der Waals surface area (Å²) in [6.45, 7) is 3.13. The van der Waals surface area contributed by atoms with Crippen LogP contribution in [0.15, 0.2) is 29.9 Å². The van der Waals surface area contributed by atoms with Gasteiger partial charge in [0.2, 0.25) is 15.9 Å². The van der Waals surface area contributed by atoms with Crippen LogP contribution in [-0.4, -0.2) is 54.0 Å². The summed E-state index contributed by atoms with van der Waals surface area (Å²) in [5.74, 6) is 0.0513. The van der Waals surface area contributed by atoms with E-state index in [4.69, 9.17) is 0 Å². The van der Waals surface area contributed by atoms with Crippen LogP contribution < -0.4 is 5.32 Å². The molecule has 9 heteroatoms. The van der Waals surface area contributed by atoms with Gasteiger partial charge in [0.15, 0.2) is 0 Å². The maximum absolute atomic E-state index is 12.3. The Kier molecular flexibility index (Phi) is 7.14. The van der Waals surface area contributed by atoms with Gasteiger partial charge in [-0.05, 0) is 38.3 Å². The summed E-state index contributed by atoms with van der Waals surface area (Å²) < 4.78 is 25.3. The van der Waals surface area contributed by atoms with E-state index in [1.165, 1.54) is 4.31 Å². The molecule has 0 aromatic carbocycles. The van der Waals surface area contributed by atoms with E-state index >= 15 is 0 Å². The molecule has 1 aliphatic heterocycles. The molecule has 0 atom stereocenters. The Balaban J connectivity index is 1.38. The van der Waals surface area contributed by atoms with Gasteiger partial charge < -0.3 is 5.32 Å². The molecule has 0 bridgehead atoms. The van der Waals surface area contributed by atoms with Gasteiger partial charge >= 0.3 is 0 Å². The number of aromatic nitrogens is 2. The second-order valence-electron chi connectivity index (χ2n) is 6.83. The van der Waals surface area contributed by atoms with Gasteiger partial charge in [-0.1, -0.05) is 0 Å². The van der Waals surface area contributed by atoms with Crippen LogP contribution in [0, 0.1) is 5.92 Å². The minimum absolute atomic E-state index is 0.0326. The number of thiazole rings is 1. The highest BCUT2D eigenvalue weighted by atomic mass is 32.2. The molecule has 28 heavy (non-hydrogen) atoms. The van der Waals surface area contributed by atoms with Crippen LogP contribution in [0.5, 0.6) is 0 Å². The number of sulfonamides is 1. The standard InChI is InChI=1S/C19H26N4O3S2/c1-2-28(25,26)23-12-7-16(8-13-23)19(24)21-9-3-4-18-22-17(14-27-18)15-5-10-20-11-6-15/h5-6,10-11,14,16H,2-4,7-9,12-13H2,1H3,(H,21,24). The van der Waals surface area contributed by atoms with Gasteiger partial charge in [-0.15, -0.1) is 11.3 Å². The zero-order chi connectivity index (χ0) is 20.0. The van der Waals surface area contributed by atoms with Crippen molar-refractivity contribution in [1.82, 2.24) is 19.6 Å². The number of nitrogens with zero attached hydrogens (tertiary/aromatic N) is 3. The molecule has 2 aromatic rings. The number of piperidine rings is 1. The van der Waals surface area contributed by atoms with Crippen molar-refractivity contribution in [3.63, 3.8) is 0 Å². The lowest BCUT2D eigenvalue weighted by atomic mass is 9.97. The van der Waals surface area contributed by atoms with Crippen molar-refractivity contribution in [1.29, 1.82) is 0 Å². The van der Waals surface area contributed by atoms with E-state index in [9.17, 15) is 13.2 Å². The minimum Gasteiger partial charge on any atom is -0.356 e. The van der Waals surface area contributed by atoms with Gasteiger partial charge in [0.25, 0.3) is 0 Å². The number of nitrogens with one attached hydrogen (secondary N) is 1. The summed E-state index contributed by atoms with van der Waals surface area (Å²) in [4.78, 5) is 21.0. The highest BCUT2D eigenvalue weighted by molar-refractivity contribution is 7.89. The maximum atomic E-state index is 12.3. The normalized spacial score (nSPS) is 16.2. The fourth-order valence-corrected chi connectivity index (χ4v) is 5.24. The summed E-state index contributed by atoms with van der Waals surface area (Å²) in [5, 5.41) is 6.09. The summed E-state index contributed by atoms with van der Waals surface area (Å²) in [7, 11) is -3.15. The Hall–Kier alpha value is -1.84. The summed E-state index contributed by atoms with van der Waals surface area (Å²) in [6.07, 6.45) is 6.35. The molecule has 2 aromatic heterocycles. The Labute approximate surface area is 170 Å². The van der Waals surface area contributed by atoms with Crippen LogP contribution in [0.3, 0.4) is 0 Å². The molecule has 7 nitrogen and oxygen atoms in total. The molecule has 1 amide bonds. The largest absolute Gasteiger partial charge is 0.356 e. The van der Waals surface area contributed by atoms with E-state index in [1.54, 1.807) is 30.7 Å². The number of carbonyl (C=O) groups excluding carboxylic acids is 1. The van der Waals surface area contributed by atoms with E-state index in [1.807, 2.05) is 17.5 Å². The highest BCUT2D eigenvalue weighted by Gasteiger charge is 2.29. The zero-order valence-electron chi connectivity index (χ0n) is 16.0. The first-order chi connectivity index (χ1) is 13.5. The van der Waals surface area contributed by atoms with Gasteiger partial charge in [-0.25, -0.2) is 17.7 Å². The van der Waals surface area contributed by atoms with Crippen LogP contribution in [0.1, 0.15) is 31.2 Å². The topological polar surface area (TPSA) is 92.3 Å². The van der Waals surface area contributed by atoms with Gasteiger partial charge in [-0.2, -0.15) is 0 Å². The van der Waals surface area contributed by atoms with Crippen molar-refractivity contribution in [2.45, 2.75) is 32.6 Å². The molecule has 0 unspecified atom stereocenters. The number of hydrogen-bond donors (Lipinski definition) is 1. The molecule has 0 radical (unpaired) electrons. The first-order valence-corrected chi connectivity index (χ1v) is 12.1. The van der Waals surface area contributed by atoms with Crippen molar-refractivity contribution in [2.24, 2.45) is 5.92 Å². The smallest absolute Gasteiger partial charge is 0.223 e. The van der Waals surface area contributed by atoms with Crippen molar-refractivity contribution in [3.05, 3.63) is 34.9 Å². The van der Waals surface area contributed by atoms with Crippen molar-refractivity contribution >= 4 is 27.3 Å². The molecule has 1 aliphatic rings. The molecule has 1 N–H and O–H groups in total. The number of aryl methyl sites for hydroxylation is 1. The van der Waals surface area contributed by atoms with Gasteiger partial charge in [0.1, 0.15) is 0 Å². The first kappa shape index (κ1) is 20.9. The molecule has 152 valence electrons. The van der Waals surface area contributed by atoms with Crippen LogP contribution in [0.2, 0.25) is 0 Å². The average Bonchev–Trinajstić information content (AvgIpc) is 3.21. The van der Waals surface area contributed by atoms with Crippen LogP contribution >= 0.6 is 11.3 Å². The lowest BCUT2D eigenvalue weighted by molar-refractivity contribution is -0.126. The molecular formula is C19H26N4O3S2. The molecule has 1 saturated heterocycles. The third-order valence-electron chi connectivity index (χ3n) is 4.98. The molecule has 0 saturated carbocycles. The third kappa shape index (κ3) is 5.36. The average molecular weight is 423 g/mol. The van der Waals surface area contributed by atoms with Crippen LogP contribution in [0.25, 0.3) is 11.3 Å². The monoisotopic (exact) mass is 422 g/mol. The van der Waals surface area contributed by atoms with Crippen LogP contribution in [-0.2, 0) is 21.2 Å². The van der Waals surface area contributed by atoms with Gasteiger partial charge in [0.05, 0.1) is 16.5 Å². The number of rotatable bonds is 8. The summed E-state index contributed by atoms with van der Waals surface area (Å²) >= 11 is 1.63. The van der Waals surface area contributed by atoms with Crippen LogP contribution in [0.4, 0.5) is 0 Å².